The molecule has 1 heteroatoms. The Bertz CT molecular complexity index is 3050. The highest BCUT2D eigenvalue weighted by Gasteiger charge is 2.47. The molecule has 10 aromatic rings. The van der Waals surface area contributed by atoms with E-state index in [2.05, 4.69) is 241 Å². The molecule has 58 heavy (non-hydrogen) atoms. The summed E-state index contributed by atoms with van der Waals surface area (Å²) in [6, 6.07) is 86.9. The minimum Gasteiger partial charge on any atom is -0.310 e. The summed E-state index contributed by atoms with van der Waals surface area (Å²) >= 11 is 0. The molecule has 0 atom stereocenters. The second kappa shape index (κ2) is 13.9. The van der Waals surface area contributed by atoms with Crippen molar-refractivity contribution in [3.63, 3.8) is 0 Å². The molecule has 0 spiro atoms. The smallest absolute Gasteiger partial charge is 0.0714 e. The highest BCUT2D eigenvalue weighted by molar-refractivity contribution is 6.05. The van der Waals surface area contributed by atoms with Gasteiger partial charge in [-0.05, 0) is 102 Å². The van der Waals surface area contributed by atoms with E-state index < -0.39 is 5.41 Å². The molecule has 0 amide bonds. The molecular weight excluding hydrogens is 699 g/mol. The highest BCUT2D eigenvalue weighted by atomic mass is 15.1. The highest BCUT2D eigenvalue weighted by Crippen LogP contribution is 2.59. The van der Waals surface area contributed by atoms with Crippen LogP contribution in [0.2, 0.25) is 0 Å². The molecule has 0 heterocycles. The van der Waals surface area contributed by atoms with Crippen LogP contribution in [0.15, 0.2) is 237 Å². The standard InChI is InChI=1S/C57H39N/c1-4-17-41(18-5-1)50-27-14-15-30-55(50)58(46-34-31-43(32-35-46)49-29-16-21-40-19-10-12-26-48(40)49)47-36-37-52-54(39-47)57(44-22-6-2-7-23-44,45-24-8-3-9-25-45)53-38-33-42-20-11-13-28-51(42)56(52)53/h1-39H. The van der Waals surface area contributed by atoms with Gasteiger partial charge in [0.2, 0.25) is 0 Å². The molecule has 0 unspecified atom stereocenters. The topological polar surface area (TPSA) is 3.24 Å². The first-order chi connectivity index (χ1) is 28.8. The maximum absolute atomic E-state index is 2.48. The Morgan fingerprint density at radius 1 is 0.310 bits per heavy atom. The van der Waals surface area contributed by atoms with E-state index in [-0.39, 0.29) is 0 Å². The van der Waals surface area contributed by atoms with Gasteiger partial charge >= 0.3 is 0 Å². The van der Waals surface area contributed by atoms with Crippen LogP contribution in [-0.2, 0) is 5.41 Å². The van der Waals surface area contributed by atoms with E-state index in [0.717, 1.165) is 17.1 Å². The Hall–Kier alpha value is -7.48. The van der Waals surface area contributed by atoms with Gasteiger partial charge in [-0.1, -0.05) is 206 Å². The second-order valence-electron chi connectivity index (χ2n) is 15.2. The molecule has 1 aliphatic rings. The lowest BCUT2D eigenvalue weighted by atomic mass is 9.67. The predicted octanol–water partition coefficient (Wildman–Crippen LogP) is 15.2. The van der Waals surface area contributed by atoms with Crippen LogP contribution < -0.4 is 4.90 Å². The van der Waals surface area contributed by atoms with Crippen LogP contribution in [0.3, 0.4) is 0 Å². The molecule has 0 aliphatic heterocycles. The Balaban J connectivity index is 1.18. The summed E-state index contributed by atoms with van der Waals surface area (Å²) in [6.07, 6.45) is 0. The third kappa shape index (κ3) is 5.32. The number of hydrogen-bond acceptors (Lipinski definition) is 1. The zero-order chi connectivity index (χ0) is 38.5. The number of benzene rings is 10. The van der Waals surface area contributed by atoms with Crippen molar-refractivity contribution in [2.24, 2.45) is 0 Å². The van der Waals surface area contributed by atoms with Gasteiger partial charge in [0.1, 0.15) is 0 Å². The number of fused-ring (bicyclic) bond motifs is 6. The van der Waals surface area contributed by atoms with Crippen LogP contribution in [-0.4, -0.2) is 0 Å². The van der Waals surface area contributed by atoms with Crippen LogP contribution in [0.25, 0.3) is 54.9 Å². The lowest BCUT2D eigenvalue weighted by Crippen LogP contribution is -2.28. The normalized spacial score (nSPS) is 12.6. The zero-order valence-electron chi connectivity index (χ0n) is 32.0. The fraction of sp³-hybridized carbons (Fsp3) is 0.0175. The van der Waals surface area contributed by atoms with E-state index in [1.165, 1.54) is 77.2 Å². The SMILES string of the molecule is c1ccc(-c2ccccc2N(c2ccc(-c3cccc4ccccc34)cc2)c2ccc3c(c2)C(c2ccccc2)(c2ccccc2)c2ccc4ccccc4c2-3)cc1. The zero-order valence-corrected chi connectivity index (χ0v) is 32.0. The van der Waals surface area contributed by atoms with Gasteiger partial charge in [0.05, 0.1) is 11.1 Å². The number of para-hydroxylation sites is 1. The average Bonchev–Trinajstić information content (AvgIpc) is 3.61. The first-order valence-electron chi connectivity index (χ1n) is 20.1. The molecule has 272 valence electrons. The van der Waals surface area contributed by atoms with Crippen molar-refractivity contribution >= 4 is 38.6 Å². The first kappa shape index (κ1) is 33.8. The van der Waals surface area contributed by atoms with Crippen molar-refractivity contribution in [2.75, 3.05) is 4.90 Å². The van der Waals surface area contributed by atoms with Crippen molar-refractivity contribution in [1.82, 2.24) is 0 Å². The largest absolute Gasteiger partial charge is 0.310 e. The van der Waals surface area contributed by atoms with E-state index in [1.54, 1.807) is 0 Å². The molecule has 0 saturated carbocycles. The van der Waals surface area contributed by atoms with Crippen LogP contribution in [0.4, 0.5) is 17.1 Å². The molecule has 0 radical (unpaired) electrons. The van der Waals surface area contributed by atoms with Gasteiger partial charge in [0.25, 0.3) is 0 Å². The van der Waals surface area contributed by atoms with Gasteiger partial charge in [-0.15, -0.1) is 0 Å². The molecule has 1 aliphatic carbocycles. The Kier molecular flexibility index (Phi) is 8.12. The molecular formula is C57H39N. The maximum atomic E-state index is 2.48. The van der Waals surface area contributed by atoms with Crippen LogP contribution >= 0.6 is 0 Å². The minimum atomic E-state index is -0.546. The summed E-state index contributed by atoms with van der Waals surface area (Å²) in [6.45, 7) is 0. The van der Waals surface area contributed by atoms with Crippen LogP contribution in [0.1, 0.15) is 22.3 Å². The fourth-order valence-corrected chi connectivity index (χ4v) is 9.61. The summed E-state index contributed by atoms with van der Waals surface area (Å²) in [5, 5.41) is 5.03. The lowest BCUT2D eigenvalue weighted by Gasteiger charge is -2.35. The quantitative estimate of drug-likeness (QED) is 0.157. The monoisotopic (exact) mass is 737 g/mol. The van der Waals surface area contributed by atoms with Crippen LogP contribution in [0.5, 0.6) is 0 Å². The molecule has 0 N–H and O–H groups in total. The molecule has 0 saturated heterocycles. The van der Waals surface area contributed by atoms with E-state index in [0.29, 0.717) is 0 Å². The minimum absolute atomic E-state index is 0.546. The average molecular weight is 738 g/mol. The Labute approximate surface area is 339 Å². The molecule has 1 nitrogen and oxygen atoms in total. The van der Waals surface area contributed by atoms with Gasteiger partial charge < -0.3 is 4.90 Å². The van der Waals surface area contributed by atoms with Gasteiger partial charge in [-0.2, -0.15) is 0 Å². The van der Waals surface area contributed by atoms with E-state index in [4.69, 9.17) is 0 Å². The molecule has 0 fully saturated rings. The van der Waals surface area contributed by atoms with Gasteiger partial charge in [0.15, 0.2) is 0 Å². The van der Waals surface area contributed by atoms with Crippen molar-refractivity contribution in [2.45, 2.75) is 5.41 Å². The van der Waals surface area contributed by atoms with E-state index in [9.17, 15) is 0 Å². The van der Waals surface area contributed by atoms with Crippen molar-refractivity contribution in [3.8, 4) is 33.4 Å². The third-order valence-corrected chi connectivity index (χ3v) is 12.1. The summed E-state index contributed by atoms with van der Waals surface area (Å²) in [7, 11) is 0. The lowest BCUT2D eigenvalue weighted by molar-refractivity contribution is 0.769. The maximum Gasteiger partial charge on any atom is 0.0714 e. The number of anilines is 3. The molecule has 11 rings (SSSR count). The second-order valence-corrected chi connectivity index (χ2v) is 15.2. The predicted molar refractivity (Wildman–Crippen MR) is 244 cm³/mol. The van der Waals surface area contributed by atoms with Gasteiger partial charge in [-0.3, -0.25) is 0 Å². The van der Waals surface area contributed by atoms with Crippen LogP contribution in [0, 0.1) is 0 Å². The Morgan fingerprint density at radius 3 is 1.57 bits per heavy atom. The summed E-state index contributed by atoms with van der Waals surface area (Å²) < 4.78 is 0. The number of rotatable bonds is 7. The summed E-state index contributed by atoms with van der Waals surface area (Å²) in [5.74, 6) is 0. The van der Waals surface area contributed by atoms with E-state index >= 15 is 0 Å². The third-order valence-electron chi connectivity index (χ3n) is 12.1. The number of nitrogens with zero attached hydrogens (tertiary/aromatic N) is 1. The molecule has 0 aromatic heterocycles. The Morgan fingerprint density at radius 2 is 0.845 bits per heavy atom. The molecule has 0 bridgehead atoms. The van der Waals surface area contributed by atoms with Crippen molar-refractivity contribution < 1.29 is 0 Å². The van der Waals surface area contributed by atoms with Crippen molar-refractivity contribution in [3.05, 3.63) is 259 Å². The number of hydrogen-bond donors (Lipinski definition) is 0. The van der Waals surface area contributed by atoms with Crippen molar-refractivity contribution in [1.29, 1.82) is 0 Å². The van der Waals surface area contributed by atoms with Gasteiger partial charge in [-0.25, -0.2) is 0 Å². The first-order valence-corrected chi connectivity index (χ1v) is 20.1. The fourth-order valence-electron chi connectivity index (χ4n) is 9.61. The van der Waals surface area contributed by atoms with E-state index in [1.807, 2.05) is 0 Å². The summed E-state index contributed by atoms with van der Waals surface area (Å²) in [4.78, 5) is 2.46. The summed E-state index contributed by atoms with van der Waals surface area (Å²) in [5.41, 5.74) is 15.2. The molecule has 10 aromatic carbocycles. The van der Waals surface area contributed by atoms with Gasteiger partial charge in [0, 0.05) is 16.9 Å².